The van der Waals surface area contributed by atoms with E-state index in [4.69, 9.17) is 0 Å². The molecule has 1 rings (SSSR count). The van der Waals surface area contributed by atoms with E-state index in [1.54, 1.807) is 18.0 Å². The smallest absolute Gasteiger partial charge is 0.117 e. The summed E-state index contributed by atoms with van der Waals surface area (Å²) in [7, 11) is 0. The van der Waals surface area contributed by atoms with Gasteiger partial charge in [-0.25, -0.2) is 0 Å². The summed E-state index contributed by atoms with van der Waals surface area (Å²) >= 11 is 1.77. The van der Waals surface area contributed by atoms with Crippen LogP contribution >= 0.6 is 11.8 Å². The second-order valence-electron chi connectivity index (χ2n) is 0.950. The van der Waals surface area contributed by atoms with Crippen LogP contribution in [-0.4, -0.2) is 12.0 Å². The van der Waals surface area contributed by atoms with E-state index in [0.29, 0.717) is 0 Å². The summed E-state index contributed by atoms with van der Waals surface area (Å²) in [4.78, 5) is 3.85. The standard InChI is InChI=1S/C4H5NS/c1-3-6-4-2-5-1/h1-3H,4H2/q+1. The predicted molar refractivity (Wildman–Crippen MR) is 29.8 cm³/mol. The number of thioether (sulfide) groups is 1. The largest absolute Gasteiger partial charge is 0.248 e. The number of rotatable bonds is 0. The first-order valence-electron chi connectivity index (χ1n) is 1.78. The summed E-state index contributed by atoms with van der Waals surface area (Å²) in [6.07, 6.45) is 3.69. The normalized spacial score (nSPS) is 18.7. The molecule has 0 atom stereocenters. The van der Waals surface area contributed by atoms with Crippen LogP contribution in [-0.2, 0) is 0 Å². The lowest BCUT2D eigenvalue weighted by Crippen LogP contribution is -1.89. The van der Waals surface area contributed by atoms with Gasteiger partial charge in [-0.3, -0.25) is 0 Å². The van der Waals surface area contributed by atoms with Crippen LogP contribution in [0.5, 0.6) is 0 Å². The zero-order valence-corrected chi connectivity index (χ0v) is 4.11. The molecule has 2 heteroatoms. The molecular weight excluding hydrogens is 94.1 g/mol. The van der Waals surface area contributed by atoms with Crippen molar-refractivity contribution in [2.24, 2.45) is 0 Å². The van der Waals surface area contributed by atoms with Crippen molar-refractivity contribution in [3.63, 3.8) is 0 Å². The first-order chi connectivity index (χ1) is 3.00. The highest BCUT2D eigenvalue weighted by atomic mass is 32.2. The van der Waals surface area contributed by atoms with Gasteiger partial charge in [-0.2, -0.15) is 0 Å². The molecule has 0 spiro atoms. The van der Waals surface area contributed by atoms with E-state index in [-0.39, 0.29) is 0 Å². The summed E-state index contributed by atoms with van der Waals surface area (Å²) in [6, 6.07) is 0. The van der Waals surface area contributed by atoms with Crippen molar-refractivity contribution in [1.82, 2.24) is 4.99 Å². The van der Waals surface area contributed by atoms with Crippen LogP contribution in [0.25, 0.3) is 0 Å². The third-order valence-electron chi connectivity index (χ3n) is 0.519. The molecule has 1 aliphatic rings. The third-order valence-corrected chi connectivity index (χ3v) is 1.18. The van der Waals surface area contributed by atoms with Gasteiger partial charge in [0.05, 0.1) is 10.7 Å². The van der Waals surface area contributed by atoms with Crippen LogP contribution in [0.2, 0.25) is 0 Å². The fourth-order valence-corrected chi connectivity index (χ4v) is 0.720. The average Bonchev–Trinajstić information content (AvgIpc) is 1.72. The Morgan fingerprint density at radius 1 is 1.67 bits per heavy atom. The number of nitrogens with zero attached hydrogens (tertiary/aromatic N) is 1. The van der Waals surface area contributed by atoms with Crippen LogP contribution in [0.4, 0.5) is 0 Å². The molecule has 0 bridgehead atoms. The van der Waals surface area contributed by atoms with Crippen molar-refractivity contribution in [2.45, 2.75) is 0 Å². The highest BCUT2D eigenvalue weighted by Crippen LogP contribution is 1.99. The van der Waals surface area contributed by atoms with Crippen molar-refractivity contribution in [3.05, 3.63) is 11.6 Å². The minimum atomic E-state index is 1.04. The molecule has 0 aromatic carbocycles. The average molecular weight is 99.2 g/mol. The third kappa shape index (κ3) is 0.863. The van der Waals surface area contributed by atoms with Crippen LogP contribution in [0.15, 0.2) is 11.6 Å². The Balaban J connectivity index is 2.46. The fourth-order valence-electron chi connectivity index (χ4n) is 0.281. The molecule has 31 valence electrons. The number of hydrogen-bond donors (Lipinski definition) is 0. The van der Waals surface area contributed by atoms with Gasteiger partial charge in [0.15, 0.2) is 0 Å². The zero-order chi connectivity index (χ0) is 4.24. The molecule has 1 nitrogen and oxygen atoms in total. The molecule has 0 saturated heterocycles. The minimum Gasteiger partial charge on any atom is -0.117 e. The van der Waals surface area contributed by atoms with Crippen molar-refractivity contribution in [1.29, 1.82) is 0 Å². The van der Waals surface area contributed by atoms with Crippen LogP contribution in [0.3, 0.4) is 0 Å². The van der Waals surface area contributed by atoms with Gasteiger partial charge >= 0.3 is 0 Å². The van der Waals surface area contributed by atoms with Crippen molar-refractivity contribution in [2.75, 3.05) is 5.75 Å². The lowest BCUT2D eigenvalue weighted by Gasteiger charge is -1.77. The van der Waals surface area contributed by atoms with E-state index in [9.17, 15) is 0 Å². The first kappa shape index (κ1) is 3.93. The van der Waals surface area contributed by atoms with E-state index >= 15 is 0 Å². The van der Waals surface area contributed by atoms with E-state index < -0.39 is 0 Å². The topological polar surface area (TPSA) is 14.1 Å². The lowest BCUT2D eigenvalue weighted by molar-refractivity contribution is 1.40. The summed E-state index contributed by atoms with van der Waals surface area (Å²) in [5.41, 5.74) is 0. The molecule has 0 aromatic rings. The second kappa shape index (κ2) is 2.03. The molecule has 0 N–H and O–H groups in total. The Bertz CT molecular complexity index is 73.5. The summed E-state index contributed by atoms with van der Waals surface area (Å²) < 4.78 is 0. The van der Waals surface area contributed by atoms with E-state index in [2.05, 4.69) is 4.99 Å². The Morgan fingerprint density at radius 3 is 2.83 bits per heavy atom. The molecule has 0 aromatic heterocycles. The Hall–Kier alpha value is -0.240. The van der Waals surface area contributed by atoms with Crippen molar-refractivity contribution >= 4 is 18.0 Å². The van der Waals surface area contributed by atoms with E-state index in [1.165, 1.54) is 0 Å². The van der Waals surface area contributed by atoms with Gasteiger partial charge in [0.2, 0.25) is 12.4 Å². The van der Waals surface area contributed by atoms with Crippen molar-refractivity contribution < 1.29 is 0 Å². The van der Waals surface area contributed by atoms with Gasteiger partial charge in [-0.1, -0.05) is 0 Å². The highest BCUT2D eigenvalue weighted by Gasteiger charge is 1.91. The predicted octanol–water partition coefficient (Wildman–Crippen LogP) is 0.611. The zero-order valence-electron chi connectivity index (χ0n) is 3.29. The maximum absolute atomic E-state index is 3.85. The molecule has 0 unspecified atom stereocenters. The quantitative estimate of drug-likeness (QED) is 0.434. The minimum absolute atomic E-state index is 1.04. The summed E-state index contributed by atoms with van der Waals surface area (Å²) in [5, 5.41) is 1.99. The summed E-state index contributed by atoms with van der Waals surface area (Å²) in [6.45, 7) is 0. The molecule has 0 fully saturated rings. The molecular formula is C4H5NS+. The Kier molecular flexibility index (Phi) is 1.33. The Morgan fingerprint density at radius 2 is 2.67 bits per heavy atom. The maximum Gasteiger partial charge on any atom is 0.248 e. The van der Waals surface area contributed by atoms with Crippen molar-refractivity contribution in [3.8, 4) is 0 Å². The number of hydrogen-bond acceptors (Lipinski definition) is 2. The van der Waals surface area contributed by atoms with Gasteiger partial charge in [0.25, 0.3) is 0 Å². The van der Waals surface area contributed by atoms with Crippen LogP contribution < -0.4 is 4.99 Å². The molecule has 1 radical (unpaired) electrons. The molecule has 1 aliphatic heterocycles. The van der Waals surface area contributed by atoms with Gasteiger partial charge < -0.3 is 0 Å². The van der Waals surface area contributed by atoms with Gasteiger partial charge in [-0.15, -0.1) is 11.8 Å². The number of aliphatic imine (C=N–C) groups is 1. The molecule has 6 heavy (non-hydrogen) atoms. The molecule has 0 saturated carbocycles. The Labute approximate surface area is 41.2 Å². The second-order valence-corrected chi connectivity index (χ2v) is 1.89. The van der Waals surface area contributed by atoms with E-state index in [1.807, 2.05) is 11.6 Å². The maximum atomic E-state index is 3.85. The first-order valence-corrected chi connectivity index (χ1v) is 2.83. The molecule has 0 amide bonds. The highest BCUT2D eigenvalue weighted by molar-refractivity contribution is 8.02. The lowest BCUT2D eigenvalue weighted by atomic mass is 10.8. The van der Waals surface area contributed by atoms with Gasteiger partial charge in [-0.05, 0) is 0 Å². The monoisotopic (exact) mass is 99.0 g/mol. The summed E-state index contributed by atoms with van der Waals surface area (Å²) in [5.74, 6) is 1.04. The van der Waals surface area contributed by atoms with E-state index in [0.717, 1.165) is 5.75 Å². The van der Waals surface area contributed by atoms with Crippen LogP contribution in [0, 0.1) is 0 Å². The SMILES string of the molecule is C1=CSCC=[N+]1. The fraction of sp³-hybridized carbons (Fsp3) is 0.250. The van der Waals surface area contributed by atoms with Crippen LogP contribution in [0.1, 0.15) is 0 Å². The van der Waals surface area contributed by atoms with Gasteiger partial charge in [0, 0.05) is 5.41 Å². The van der Waals surface area contributed by atoms with Gasteiger partial charge in [0.1, 0.15) is 0 Å². The molecule has 0 aliphatic carbocycles. The molecule has 1 heterocycles.